The van der Waals surface area contributed by atoms with Crippen LogP contribution in [0.2, 0.25) is 0 Å². The van der Waals surface area contributed by atoms with Crippen LogP contribution in [0, 0.1) is 11.6 Å². The number of benzene rings is 1. The van der Waals surface area contributed by atoms with Crippen LogP contribution in [0.25, 0.3) is 6.08 Å². The van der Waals surface area contributed by atoms with Gasteiger partial charge in [0.05, 0.1) is 11.0 Å². The largest absolute Gasteiger partial charge is 0.327 e. The van der Waals surface area contributed by atoms with E-state index in [1.165, 1.54) is 12.1 Å². The number of nitrogens with one attached hydrogen (secondary N) is 1. The molecule has 2 fully saturated rings. The number of carbonyl (C=O) groups is 2. The molecule has 42 heavy (non-hydrogen) atoms. The lowest BCUT2D eigenvalue weighted by atomic mass is 9.80. The molecule has 2 aliphatic carbocycles. The van der Waals surface area contributed by atoms with E-state index in [9.17, 15) is 18.4 Å². The number of aromatic nitrogens is 2. The van der Waals surface area contributed by atoms with Gasteiger partial charge in [0.1, 0.15) is 23.0 Å². The van der Waals surface area contributed by atoms with Gasteiger partial charge in [-0.25, -0.2) is 13.8 Å². The minimum absolute atomic E-state index is 0.000824. The second-order valence-electron chi connectivity index (χ2n) is 12.5. The first-order chi connectivity index (χ1) is 20.1. The number of carbonyl (C=O) groups excluding carboxylic acids is 2. The number of nitrogens with zero attached hydrogens (tertiary/aromatic N) is 4. The maximum absolute atomic E-state index is 14.4. The molecule has 4 aliphatic rings. The average molecular weight is 570 g/mol. The van der Waals surface area contributed by atoms with Crippen LogP contribution >= 0.6 is 0 Å². The van der Waals surface area contributed by atoms with Crippen molar-refractivity contribution in [2.75, 3.05) is 25.5 Å². The zero-order valence-corrected chi connectivity index (χ0v) is 23.8. The van der Waals surface area contributed by atoms with Gasteiger partial charge in [0.15, 0.2) is 0 Å². The summed E-state index contributed by atoms with van der Waals surface area (Å²) in [6.07, 6.45) is 11.9. The summed E-state index contributed by atoms with van der Waals surface area (Å²) in [5.74, 6) is -0.745. The van der Waals surface area contributed by atoms with E-state index in [0.29, 0.717) is 30.8 Å². The topological polar surface area (TPSA) is 78.4 Å². The van der Waals surface area contributed by atoms with E-state index in [4.69, 9.17) is 4.98 Å². The van der Waals surface area contributed by atoms with E-state index in [1.54, 1.807) is 17.3 Å². The van der Waals surface area contributed by atoms with Gasteiger partial charge in [-0.15, -0.1) is 0 Å². The summed E-state index contributed by atoms with van der Waals surface area (Å²) >= 11 is 0. The summed E-state index contributed by atoms with van der Waals surface area (Å²) < 4.78 is 28.7. The Morgan fingerprint density at radius 2 is 1.81 bits per heavy atom. The highest BCUT2D eigenvalue weighted by Crippen LogP contribution is 2.47. The number of pyridine rings is 2. The van der Waals surface area contributed by atoms with E-state index in [-0.39, 0.29) is 18.4 Å². The molecular weight excluding hydrogens is 536 g/mol. The molecule has 3 aromatic rings. The smallest absolute Gasteiger partial charge is 0.244 e. The third-order valence-electron chi connectivity index (χ3n) is 10.1. The Morgan fingerprint density at radius 1 is 1.05 bits per heavy atom. The molecule has 4 heterocycles. The van der Waals surface area contributed by atoms with Crippen molar-refractivity contribution in [3.8, 4) is 0 Å². The van der Waals surface area contributed by atoms with Crippen molar-refractivity contribution >= 4 is 23.7 Å². The molecule has 2 spiro atoms. The number of piperazine rings is 1. The molecule has 0 unspecified atom stereocenters. The van der Waals surface area contributed by atoms with E-state index >= 15 is 0 Å². The Labute approximate surface area is 243 Å². The van der Waals surface area contributed by atoms with Crippen LogP contribution in [0.15, 0.2) is 54.9 Å². The highest BCUT2D eigenvalue weighted by atomic mass is 19.1. The lowest BCUT2D eigenvalue weighted by molar-refractivity contribution is -0.162. The van der Waals surface area contributed by atoms with Crippen LogP contribution in [0.5, 0.6) is 0 Å². The van der Waals surface area contributed by atoms with Gasteiger partial charge in [0.2, 0.25) is 11.8 Å². The van der Waals surface area contributed by atoms with Gasteiger partial charge in [0, 0.05) is 49.2 Å². The molecule has 2 aliphatic heterocycles. The second kappa shape index (κ2) is 9.52. The predicted molar refractivity (Wildman–Crippen MR) is 154 cm³/mol. The molecule has 1 N–H and O–H groups in total. The number of likely N-dealkylation sites (N-methyl/N-ethyl adjacent to an activating group) is 1. The van der Waals surface area contributed by atoms with Crippen molar-refractivity contribution in [3.63, 3.8) is 0 Å². The first-order valence-electron chi connectivity index (χ1n) is 14.6. The van der Waals surface area contributed by atoms with Crippen LogP contribution in [-0.4, -0.2) is 57.3 Å². The summed E-state index contributed by atoms with van der Waals surface area (Å²) in [5, 5.41) is 2.93. The van der Waals surface area contributed by atoms with Gasteiger partial charge in [0.25, 0.3) is 0 Å². The molecule has 1 saturated heterocycles. The third kappa shape index (κ3) is 3.93. The standard InChI is InChI=1S/C33H33F2N5O2/c1-31(23-14-24(34)16-25(35)15-23)20-39(2)33(9-3-4-10-33)30(42)40(31)12-6-7-21-13-22-17-32(18-27(22)37-19-21)26-8-5-11-36-28(26)38-29(32)41/h5-8,11,13-16,19H,3-4,9-10,12,17-18,20H2,1-2H3,(H,36,38,41)/t31-,32-/m0/s1. The summed E-state index contributed by atoms with van der Waals surface area (Å²) in [7, 11) is 1.95. The minimum atomic E-state index is -0.924. The lowest BCUT2D eigenvalue weighted by Gasteiger charge is -2.55. The number of hydrogen-bond donors (Lipinski definition) is 1. The Kier molecular flexibility index (Phi) is 6.10. The highest BCUT2D eigenvalue weighted by Gasteiger charge is 2.56. The molecule has 0 radical (unpaired) electrons. The molecule has 2 atom stereocenters. The van der Waals surface area contributed by atoms with Gasteiger partial charge in [-0.2, -0.15) is 0 Å². The maximum Gasteiger partial charge on any atom is 0.244 e. The van der Waals surface area contributed by atoms with Gasteiger partial charge in [-0.3, -0.25) is 19.5 Å². The molecule has 7 rings (SSSR count). The van der Waals surface area contributed by atoms with E-state index in [2.05, 4.69) is 21.3 Å². The molecule has 0 bridgehead atoms. The number of amides is 2. The zero-order chi connectivity index (χ0) is 29.3. The summed E-state index contributed by atoms with van der Waals surface area (Å²) in [5.41, 5.74) is 1.93. The zero-order valence-electron chi connectivity index (χ0n) is 23.8. The molecule has 1 aromatic carbocycles. The molecule has 216 valence electrons. The normalized spacial score (nSPS) is 26.4. The second-order valence-corrected chi connectivity index (χ2v) is 12.5. The Hall–Kier alpha value is -3.98. The lowest BCUT2D eigenvalue weighted by Crippen LogP contribution is -2.70. The molecule has 2 amide bonds. The number of halogens is 2. The maximum atomic E-state index is 14.4. The predicted octanol–water partition coefficient (Wildman–Crippen LogP) is 4.76. The highest BCUT2D eigenvalue weighted by molar-refractivity contribution is 6.06. The summed E-state index contributed by atoms with van der Waals surface area (Å²) in [6, 6.07) is 9.40. The molecule has 9 heteroatoms. The number of hydrogen-bond acceptors (Lipinski definition) is 5. The van der Waals surface area contributed by atoms with Crippen molar-refractivity contribution in [2.45, 2.75) is 61.9 Å². The fourth-order valence-electron chi connectivity index (χ4n) is 7.81. The Balaban J connectivity index is 1.17. The number of rotatable bonds is 4. The number of fused-ring (bicyclic) bond motifs is 3. The Bertz CT molecular complexity index is 1630. The van der Waals surface area contributed by atoms with Crippen LogP contribution in [0.3, 0.4) is 0 Å². The minimum Gasteiger partial charge on any atom is -0.327 e. The van der Waals surface area contributed by atoms with Crippen molar-refractivity contribution < 1.29 is 18.4 Å². The van der Waals surface area contributed by atoms with Crippen LogP contribution in [-0.2, 0) is 33.4 Å². The van der Waals surface area contributed by atoms with E-state index < -0.39 is 28.1 Å². The van der Waals surface area contributed by atoms with Crippen molar-refractivity contribution in [2.24, 2.45) is 0 Å². The van der Waals surface area contributed by atoms with Crippen molar-refractivity contribution in [3.05, 3.63) is 94.5 Å². The SMILES string of the molecule is CN1C[C@@](C)(c2cc(F)cc(F)c2)N(CC=Cc2cnc3c(c2)C[C@@]2(C3)C(=O)Nc3ncccc32)C(=O)C12CCCC2. The third-order valence-corrected chi connectivity index (χ3v) is 10.1. The first kappa shape index (κ1) is 26.9. The average Bonchev–Trinajstić information content (AvgIpc) is 3.66. The first-order valence-corrected chi connectivity index (χ1v) is 14.6. The fraction of sp³-hybridized carbons (Fsp3) is 0.394. The number of anilines is 1. The van der Waals surface area contributed by atoms with Crippen LogP contribution < -0.4 is 5.32 Å². The fourth-order valence-corrected chi connectivity index (χ4v) is 7.81. The van der Waals surface area contributed by atoms with Crippen molar-refractivity contribution in [1.29, 1.82) is 0 Å². The van der Waals surface area contributed by atoms with Crippen LogP contribution in [0.4, 0.5) is 14.6 Å². The Morgan fingerprint density at radius 3 is 2.57 bits per heavy atom. The molecular formula is C33H33F2N5O2. The van der Waals surface area contributed by atoms with Gasteiger partial charge < -0.3 is 10.2 Å². The van der Waals surface area contributed by atoms with Gasteiger partial charge in [-0.1, -0.05) is 31.1 Å². The van der Waals surface area contributed by atoms with Crippen LogP contribution in [0.1, 0.15) is 60.6 Å². The molecule has 1 saturated carbocycles. The molecule has 7 nitrogen and oxygen atoms in total. The molecule has 2 aromatic heterocycles. The van der Waals surface area contributed by atoms with E-state index in [1.807, 2.05) is 38.3 Å². The van der Waals surface area contributed by atoms with Gasteiger partial charge >= 0.3 is 0 Å². The summed E-state index contributed by atoms with van der Waals surface area (Å²) in [6.45, 7) is 2.64. The summed E-state index contributed by atoms with van der Waals surface area (Å²) in [4.78, 5) is 40.2. The monoisotopic (exact) mass is 569 g/mol. The van der Waals surface area contributed by atoms with Crippen molar-refractivity contribution in [1.82, 2.24) is 19.8 Å². The van der Waals surface area contributed by atoms with Gasteiger partial charge in [-0.05, 0) is 74.2 Å². The quantitative estimate of drug-likeness (QED) is 0.491. The van der Waals surface area contributed by atoms with E-state index in [0.717, 1.165) is 54.1 Å².